The molecule has 2 aliphatic rings. The molecule has 0 unspecified atom stereocenters. The van der Waals surface area contributed by atoms with E-state index in [1.165, 1.54) is 67.1 Å². The molecule has 3 rings (SSSR count). The van der Waals surface area contributed by atoms with Gasteiger partial charge in [0.25, 0.3) is 8.89 Å². The molecular formula is C17H22N2O4S6. The molecule has 2 fully saturated rings. The summed E-state index contributed by atoms with van der Waals surface area (Å²) in [6, 6.07) is 6.08. The van der Waals surface area contributed by atoms with E-state index in [2.05, 4.69) is 10.4 Å². The molecule has 0 spiro atoms. The second-order valence-corrected chi connectivity index (χ2v) is 13.0. The lowest BCUT2D eigenvalue weighted by Crippen LogP contribution is -2.31. The van der Waals surface area contributed by atoms with Crippen molar-refractivity contribution in [3.05, 3.63) is 23.8 Å². The van der Waals surface area contributed by atoms with Crippen LogP contribution in [0.4, 0.5) is 9.59 Å². The quantitative estimate of drug-likeness (QED) is 0.350. The van der Waals surface area contributed by atoms with Gasteiger partial charge in [-0.1, -0.05) is 0 Å². The first kappa shape index (κ1) is 24.1. The summed E-state index contributed by atoms with van der Waals surface area (Å²) in [5.41, 5.74) is 1.10. The molecule has 29 heavy (non-hydrogen) atoms. The first-order valence-electron chi connectivity index (χ1n) is 8.99. The standard InChI is InChI=1S/C17H22N2O4S6/c1-13-12-14(26-28-16(20)24-18-4-8-22-9-5-18)2-3-15(13)27-29-17(21)25-19-6-10-23-11-7-19/h2-3,12H,4-11H2,1H3. The Hall–Kier alpha value is 0.500. The third kappa shape index (κ3) is 8.87. The highest BCUT2D eigenvalue weighted by Crippen LogP contribution is 2.41. The SMILES string of the molecule is Cc1cc(SSC(=O)SN2CCOCC2)ccc1SSC(=O)SN1CCOCC1. The fourth-order valence-electron chi connectivity index (χ4n) is 2.45. The summed E-state index contributed by atoms with van der Waals surface area (Å²) >= 11 is 2.54. The van der Waals surface area contributed by atoms with Crippen molar-refractivity contribution in [1.82, 2.24) is 8.61 Å². The van der Waals surface area contributed by atoms with Gasteiger partial charge in [-0.25, -0.2) is 8.61 Å². The highest BCUT2D eigenvalue weighted by atomic mass is 33.1. The Kier molecular flexibility index (Phi) is 10.9. The second-order valence-electron chi connectivity index (χ2n) is 6.03. The van der Waals surface area contributed by atoms with Crippen LogP contribution in [0.5, 0.6) is 0 Å². The van der Waals surface area contributed by atoms with Gasteiger partial charge in [-0.15, -0.1) is 0 Å². The molecule has 2 heterocycles. The van der Waals surface area contributed by atoms with Crippen molar-refractivity contribution in [2.24, 2.45) is 0 Å². The predicted molar refractivity (Wildman–Crippen MR) is 129 cm³/mol. The molecule has 0 radical (unpaired) electrons. The first-order valence-corrected chi connectivity index (χ1v) is 14.8. The van der Waals surface area contributed by atoms with E-state index in [1.807, 2.05) is 23.4 Å². The van der Waals surface area contributed by atoms with E-state index >= 15 is 0 Å². The number of rotatable bonds is 6. The van der Waals surface area contributed by atoms with Gasteiger partial charge in [0.15, 0.2) is 0 Å². The van der Waals surface area contributed by atoms with Gasteiger partial charge < -0.3 is 9.47 Å². The zero-order valence-corrected chi connectivity index (χ0v) is 20.8. The van der Waals surface area contributed by atoms with Crippen LogP contribution in [-0.2, 0) is 9.47 Å². The lowest BCUT2D eigenvalue weighted by atomic mass is 10.2. The monoisotopic (exact) mass is 510 g/mol. The Labute approximate surface area is 195 Å². The maximum absolute atomic E-state index is 12.2. The molecule has 1 aromatic carbocycles. The van der Waals surface area contributed by atoms with Gasteiger partial charge in [0.05, 0.1) is 26.4 Å². The Balaban J connectivity index is 1.39. The van der Waals surface area contributed by atoms with E-state index in [0.29, 0.717) is 26.4 Å². The Bertz CT molecular complexity index is 699. The fourth-order valence-corrected chi connectivity index (χ4v) is 8.39. The molecule has 1 aromatic rings. The molecule has 0 N–H and O–H groups in total. The van der Waals surface area contributed by atoms with E-state index in [1.54, 1.807) is 0 Å². The van der Waals surface area contributed by atoms with Crippen LogP contribution in [-0.4, -0.2) is 70.1 Å². The predicted octanol–water partition coefficient (Wildman–Crippen LogP) is 5.68. The smallest absolute Gasteiger partial charge is 0.271 e. The molecule has 2 saturated heterocycles. The molecule has 6 nitrogen and oxygen atoms in total. The van der Waals surface area contributed by atoms with Crippen LogP contribution in [0.15, 0.2) is 28.0 Å². The van der Waals surface area contributed by atoms with E-state index in [9.17, 15) is 9.59 Å². The van der Waals surface area contributed by atoms with Crippen molar-refractivity contribution in [2.75, 3.05) is 52.6 Å². The lowest BCUT2D eigenvalue weighted by Gasteiger charge is -2.24. The normalized spacial score (nSPS) is 18.7. The largest absolute Gasteiger partial charge is 0.379 e. The summed E-state index contributed by atoms with van der Waals surface area (Å²) in [4.78, 5) is 26.4. The fraction of sp³-hybridized carbons (Fsp3) is 0.529. The van der Waals surface area contributed by atoms with E-state index in [-0.39, 0.29) is 8.89 Å². The average molecular weight is 511 g/mol. The Morgan fingerprint density at radius 1 is 0.828 bits per heavy atom. The maximum Gasteiger partial charge on any atom is 0.271 e. The number of carbonyl (C=O) groups is 2. The third-order valence-corrected chi connectivity index (χ3v) is 11.1. The van der Waals surface area contributed by atoms with Crippen molar-refractivity contribution in [3.63, 3.8) is 0 Å². The summed E-state index contributed by atoms with van der Waals surface area (Å²) in [6.07, 6.45) is 0. The number of morpholine rings is 2. The summed E-state index contributed by atoms with van der Waals surface area (Å²) in [6.45, 7) is 7.90. The first-order chi connectivity index (χ1) is 14.1. The van der Waals surface area contributed by atoms with Crippen LogP contribution in [0.1, 0.15) is 5.56 Å². The van der Waals surface area contributed by atoms with E-state index in [0.717, 1.165) is 41.5 Å². The molecule has 0 aliphatic carbocycles. The molecule has 0 bridgehead atoms. The van der Waals surface area contributed by atoms with Crippen LogP contribution >= 0.6 is 67.1 Å². The summed E-state index contributed by atoms with van der Waals surface area (Å²) in [5.74, 6) is 0. The molecule has 2 aliphatic heterocycles. The Morgan fingerprint density at radius 2 is 1.34 bits per heavy atom. The minimum Gasteiger partial charge on any atom is -0.379 e. The highest BCUT2D eigenvalue weighted by molar-refractivity contribution is 8.86. The molecule has 12 heteroatoms. The molecule has 0 saturated carbocycles. The molecule has 0 amide bonds. The van der Waals surface area contributed by atoms with Crippen LogP contribution in [0.25, 0.3) is 0 Å². The number of ether oxygens (including phenoxy) is 2. The molecular weight excluding hydrogens is 489 g/mol. The van der Waals surface area contributed by atoms with Gasteiger partial charge in [0.1, 0.15) is 0 Å². The lowest BCUT2D eigenvalue weighted by molar-refractivity contribution is 0.0775. The van der Waals surface area contributed by atoms with Crippen molar-refractivity contribution >= 4 is 76.0 Å². The molecule has 0 atom stereocenters. The number of carbonyl (C=O) groups excluding carboxylic acids is 2. The van der Waals surface area contributed by atoms with E-state index in [4.69, 9.17) is 9.47 Å². The summed E-state index contributed by atoms with van der Waals surface area (Å²) in [7, 11) is 5.46. The van der Waals surface area contributed by atoms with E-state index < -0.39 is 0 Å². The summed E-state index contributed by atoms with van der Waals surface area (Å²) in [5, 5.41) is 0. The third-order valence-electron chi connectivity index (χ3n) is 3.90. The average Bonchev–Trinajstić information content (AvgIpc) is 2.73. The maximum atomic E-state index is 12.2. The Morgan fingerprint density at radius 3 is 1.86 bits per heavy atom. The van der Waals surface area contributed by atoms with Crippen molar-refractivity contribution in [2.45, 2.75) is 16.7 Å². The number of benzene rings is 1. The minimum absolute atomic E-state index is 0.0781. The van der Waals surface area contributed by atoms with Crippen LogP contribution in [0.2, 0.25) is 0 Å². The number of hydrogen-bond acceptors (Lipinski definition) is 12. The van der Waals surface area contributed by atoms with Gasteiger partial charge in [-0.3, -0.25) is 9.59 Å². The van der Waals surface area contributed by atoms with Crippen molar-refractivity contribution in [3.8, 4) is 0 Å². The highest BCUT2D eigenvalue weighted by Gasteiger charge is 2.18. The molecule has 0 aromatic heterocycles. The zero-order valence-electron chi connectivity index (χ0n) is 15.9. The number of aryl methyl sites for hydroxylation is 1. The minimum atomic E-state index is 0.0781. The van der Waals surface area contributed by atoms with Gasteiger partial charge >= 0.3 is 0 Å². The van der Waals surface area contributed by atoms with Gasteiger partial charge in [-0.05, 0) is 73.9 Å². The summed E-state index contributed by atoms with van der Waals surface area (Å²) < 4.78 is 14.9. The topological polar surface area (TPSA) is 59.1 Å². The zero-order chi connectivity index (χ0) is 20.5. The van der Waals surface area contributed by atoms with Crippen LogP contribution < -0.4 is 0 Å². The van der Waals surface area contributed by atoms with Crippen LogP contribution in [0, 0.1) is 6.92 Å². The van der Waals surface area contributed by atoms with Gasteiger partial charge in [0, 0.05) is 59.9 Å². The van der Waals surface area contributed by atoms with Crippen molar-refractivity contribution < 1.29 is 19.1 Å². The number of hydrogen-bond donors (Lipinski definition) is 0. The van der Waals surface area contributed by atoms with Crippen molar-refractivity contribution in [1.29, 1.82) is 0 Å². The second kappa shape index (κ2) is 13.1. The number of nitrogens with zero attached hydrogens (tertiary/aromatic N) is 2. The van der Waals surface area contributed by atoms with Gasteiger partial charge in [0.2, 0.25) is 0 Å². The molecule has 160 valence electrons. The van der Waals surface area contributed by atoms with Crippen LogP contribution in [0.3, 0.4) is 0 Å². The van der Waals surface area contributed by atoms with Gasteiger partial charge in [-0.2, -0.15) is 0 Å².